The molecule has 1 aliphatic rings. The lowest BCUT2D eigenvalue weighted by Crippen LogP contribution is -2.41. The van der Waals surface area contributed by atoms with Crippen molar-refractivity contribution in [1.82, 2.24) is 4.72 Å². The zero-order chi connectivity index (χ0) is 14.9. The van der Waals surface area contributed by atoms with Crippen LogP contribution in [-0.2, 0) is 16.6 Å². The number of rotatable bonds is 5. The summed E-state index contributed by atoms with van der Waals surface area (Å²) in [4.78, 5) is -0.349. The minimum atomic E-state index is -3.88. The van der Waals surface area contributed by atoms with Gasteiger partial charge in [-0.1, -0.05) is 22.4 Å². The molecule has 112 valence electrons. The Balaban J connectivity index is 2.31. The average molecular weight is 365 g/mol. The van der Waals surface area contributed by atoms with Gasteiger partial charge in [0, 0.05) is 22.6 Å². The van der Waals surface area contributed by atoms with Crippen molar-refractivity contribution in [2.75, 3.05) is 0 Å². The standard InChI is InChI=1S/C13H18BrFN2O2S/c1-8(9-3-2-4-9)17-20(18,19)12-6-11(14)5-10(7-16)13(12)15/h5-6,8-9,17H,2-4,7,16H2,1H3. The molecule has 1 unspecified atom stereocenters. The molecule has 0 aliphatic heterocycles. The zero-order valence-corrected chi connectivity index (χ0v) is 13.6. The van der Waals surface area contributed by atoms with Crippen LogP contribution in [0, 0.1) is 11.7 Å². The molecule has 4 nitrogen and oxygen atoms in total. The molecule has 2 rings (SSSR count). The highest BCUT2D eigenvalue weighted by atomic mass is 79.9. The Morgan fingerprint density at radius 2 is 2.15 bits per heavy atom. The van der Waals surface area contributed by atoms with E-state index in [0.29, 0.717) is 10.4 Å². The van der Waals surface area contributed by atoms with E-state index in [2.05, 4.69) is 20.7 Å². The van der Waals surface area contributed by atoms with Crippen molar-refractivity contribution in [3.8, 4) is 0 Å². The van der Waals surface area contributed by atoms with Crippen LogP contribution in [0.25, 0.3) is 0 Å². The van der Waals surface area contributed by atoms with Crippen molar-refractivity contribution in [3.63, 3.8) is 0 Å². The van der Waals surface area contributed by atoms with Crippen LogP contribution < -0.4 is 10.5 Å². The minimum absolute atomic E-state index is 0.0496. The summed E-state index contributed by atoms with van der Waals surface area (Å²) in [7, 11) is -3.88. The van der Waals surface area contributed by atoms with Crippen molar-refractivity contribution in [3.05, 3.63) is 28.0 Å². The number of sulfonamides is 1. The maximum absolute atomic E-state index is 14.2. The molecule has 0 aromatic heterocycles. The third kappa shape index (κ3) is 3.21. The maximum Gasteiger partial charge on any atom is 0.243 e. The summed E-state index contributed by atoms with van der Waals surface area (Å²) in [5.41, 5.74) is 5.61. The molecule has 1 saturated carbocycles. The summed E-state index contributed by atoms with van der Waals surface area (Å²) in [6, 6.07) is 2.57. The Labute approximate surface area is 127 Å². The van der Waals surface area contributed by atoms with Crippen molar-refractivity contribution < 1.29 is 12.8 Å². The molecule has 1 fully saturated rings. The molecule has 0 amide bonds. The fourth-order valence-corrected chi connectivity index (χ4v) is 4.42. The van der Waals surface area contributed by atoms with Crippen molar-refractivity contribution >= 4 is 26.0 Å². The number of hydrogen-bond donors (Lipinski definition) is 2. The predicted molar refractivity (Wildman–Crippen MR) is 79.1 cm³/mol. The minimum Gasteiger partial charge on any atom is -0.326 e. The van der Waals surface area contributed by atoms with E-state index in [-0.39, 0.29) is 23.0 Å². The smallest absolute Gasteiger partial charge is 0.243 e. The van der Waals surface area contributed by atoms with Crippen LogP contribution in [0.1, 0.15) is 31.7 Å². The number of halogens is 2. The molecule has 0 radical (unpaired) electrons. The average Bonchev–Trinajstić information content (AvgIpc) is 2.28. The number of nitrogens with two attached hydrogens (primary N) is 1. The van der Waals surface area contributed by atoms with Crippen molar-refractivity contribution in [2.45, 2.75) is 43.7 Å². The third-order valence-corrected chi connectivity index (χ3v) is 5.80. The van der Waals surface area contributed by atoms with Crippen LogP contribution in [0.15, 0.2) is 21.5 Å². The second kappa shape index (κ2) is 6.09. The van der Waals surface area contributed by atoms with Crippen LogP contribution in [0.4, 0.5) is 4.39 Å². The fraction of sp³-hybridized carbons (Fsp3) is 0.538. The number of hydrogen-bond acceptors (Lipinski definition) is 3. The van der Waals surface area contributed by atoms with Gasteiger partial charge in [0.15, 0.2) is 0 Å². The van der Waals surface area contributed by atoms with Gasteiger partial charge in [0.05, 0.1) is 0 Å². The van der Waals surface area contributed by atoms with Gasteiger partial charge in [0.2, 0.25) is 10.0 Å². The summed E-state index contributed by atoms with van der Waals surface area (Å²) in [5, 5.41) is 0. The van der Waals surface area contributed by atoms with Crippen LogP contribution in [0.3, 0.4) is 0 Å². The Kier molecular flexibility index (Phi) is 4.84. The summed E-state index contributed by atoms with van der Waals surface area (Å²) in [5.74, 6) is -0.432. The van der Waals surface area contributed by atoms with E-state index >= 15 is 0 Å². The highest BCUT2D eigenvalue weighted by molar-refractivity contribution is 9.10. The monoisotopic (exact) mass is 364 g/mol. The van der Waals surface area contributed by atoms with Crippen LogP contribution in [-0.4, -0.2) is 14.5 Å². The lowest BCUT2D eigenvalue weighted by Gasteiger charge is -2.31. The predicted octanol–water partition coefficient (Wildman–Crippen LogP) is 2.51. The van der Waals surface area contributed by atoms with E-state index in [1.54, 1.807) is 0 Å². The van der Waals surface area contributed by atoms with Gasteiger partial charge < -0.3 is 5.73 Å². The Hall–Kier alpha value is -0.500. The summed E-state index contributed by atoms with van der Waals surface area (Å²) < 4.78 is 41.9. The first-order valence-electron chi connectivity index (χ1n) is 6.55. The van der Waals surface area contributed by atoms with Gasteiger partial charge in [-0.25, -0.2) is 17.5 Å². The van der Waals surface area contributed by atoms with Crippen molar-refractivity contribution in [2.24, 2.45) is 11.7 Å². The quantitative estimate of drug-likeness (QED) is 0.842. The zero-order valence-electron chi connectivity index (χ0n) is 11.2. The Bertz CT molecular complexity index is 603. The van der Waals surface area contributed by atoms with E-state index in [1.165, 1.54) is 12.1 Å². The fourth-order valence-electron chi connectivity index (χ4n) is 2.31. The van der Waals surface area contributed by atoms with E-state index in [9.17, 15) is 12.8 Å². The molecule has 7 heteroatoms. The molecular formula is C13H18BrFN2O2S. The van der Waals surface area contributed by atoms with Crippen LogP contribution in [0.2, 0.25) is 0 Å². The van der Waals surface area contributed by atoms with E-state index in [4.69, 9.17) is 5.73 Å². The Morgan fingerprint density at radius 1 is 1.50 bits per heavy atom. The van der Waals surface area contributed by atoms with Gasteiger partial charge in [0.1, 0.15) is 10.7 Å². The molecule has 0 saturated heterocycles. The first kappa shape index (κ1) is 15.9. The van der Waals surface area contributed by atoms with Crippen molar-refractivity contribution in [1.29, 1.82) is 0 Å². The SMILES string of the molecule is CC(NS(=O)(=O)c1cc(Br)cc(CN)c1F)C1CCC1. The highest BCUT2D eigenvalue weighted by Gasteiger charge is 2.29. The first-order chi connectivity index (χ1) is 9.35. The molecule has 1 atom stereocenters. The Morgan fingerprint density at radius 3 is 2.65 bits per heavy atom. The normalized spacial score (nSPS) is 17.8. The molecular weight excluding hydrogens is 347 g/mol. The van der Waals surface area contributed by atoms with Crippen LogP contribution in [0.5, 0.6) is 0 Å². The van der Waals surface area contributed by atoms with Gasteiger partial charge in [-0.05, 0) is 37.8 Å². The lowest BCUT2D eigenvalue weighted by atomic mass is 9.81. The van der Waals surface area contributed by atoms with Gasteiger partial charge >= 0.3 is 0 Å². The second-order valence-electron chi connectivity index (χ2n) is 5.18. The molecule has 0 bridgehead atoms. The molecule has 1 aromatic rings. The molecule has 1 aromatic carbocycles. The maximum atomic E-state index is 14.2. The topological polar surface area (TPSA) is 72.2 Å². The summed E-state index contributed by atoms with van der Waals surface area (Å²) in [6.45, 7) is 1.77. The highest BCUT2D eigenvalue weighted by Crippen LogP contribution is 2.31. The summed E-state index contributed by atoms with van der Waals surface area (Å²) in [6.07, 6.45) is 3.15. The van der Waals surface area contributed by atoms with Gasteiger partial charge in [-0.2, -0.15) is 0 Å². The lowest BCUT2D eigenvalue weighted by molar-refractivity contribution is 0.260. The van der Waals surface area contributed by atoms with E-state index in [0.717, 1.165) is 19.3 Å². The summed E-state index contributed by atoms with van der Waals surface area (Å²) >= 11 is 3.19. The van der Waals surface area contributed by atoms with E-state index in [1.807, 2.05) is 6.92 Å². The van der Waals surface area contributed by atoms with Gasteiger partial charge in [0.25, 0.3) is 0 Å². The van der Waals surface area contributed by atoms with Gasteiger partial charge in [-0.3, -0.25) is 0 Å². The van der Waals surface area contributed by atoms with Gasteiger partial charge in [-0.15, -0.1) is 0 Å². The first-order valence-corrected chi connectivity index (χ1v) is 8.83. The molecule has 0 spiro atoms. The molecule has 3 N–H and O–H groups in total. The number of nitrogens with one attached hydrogen (secondary N) is 1. The molecule has 20 heavy (non-hydrogen) atoms. The second-order valence-corrected chi connectivity index (χ2v) is 7.78. The molecule has 1 aliphatic carbocycles. The van der Waals surface area contributed by atoms with Crippen LogP contribution >= 0.6 is 15.9 Å². The number of benzene rings is 1. The third-order valence-electron chi connectivity index (χ3n) is 3.79. The van der Waals surface area contributed by atoms with E-state index < -0.39 is 15.8 Å². The molecule has 0 heterocycles. The largest absolute Gasteiger partial charge is 0.326 e.